The SMILES string of the molecule is O=C(Nc1cccc([N+](=O)[O-])c1)c1cnc2n(c1=O)CCS2. The lowest BCUT2D eigenvalue weighted by atomic mass is 10.2. The summed E-state index contributed by atoms with van der Waals surface area (Å²) in [6.07, 6.45) is 1.24. The van der Waals surface area contributed by atoms with Crippen molar-refractivity contribution in [3.05, 3.63) is 56.5 Å². The first kappa shape index (κ1) is 14.3. The Bertz CT molecular complexity index is 833. The monoisotopic (exact) mass is 318 g/mol. The summed E-state index contributed by atoms with van der Waals surface area (Å²) >= 11 is 1.46. The molecule has 0 fully saturated rings. The Labute approximate surface area is 128 Å². The summed E-state index contributed by atoms with van der Waals surface area (Å²) in [5.41, 5.74) is -0.382. The average Bonchev–Trinajstić information content (AvgIpc) is 2.97. The summed E-state index contributed by atoms with van der Waals surface area (Å²) in [6, 6.07) is 5.52. The van der Waals surface area contributed by atoms with Gasteiger partial charge in [0.2, 0.25) is 0 Å². The van der Waals surface area contributed by atoms with Crippen LogP contribution in [0.15, 0.2) is 40.4 Å². The second-order valence-corrected chi connectivity index (χ2v) is 5.58. The highest BCUT2D eigenvalue weighted by Gasteiger charge is 2.20. The van der Waals surface area contributed by atoms with Crippen molar-refractivity contribution in [2.24, 2.45) is 0 Å². The third kappa shape index (κ3) is 2.58. The molecular formula is C13H10N4O4S. The second-order valence-electron chi connectivity index (χ2n) is 4.52. The maximum absolute atomic E-state index is 12.2. The predicted molar refractivity (Wildman–Crippen MR) is 80.3 cm³/mol. The van der Waals surface area contributed by atoms with Crippen LogP contribution >= 0.6 is 11.8 Å². The minimum absolute atomic E-state index is 0.0854. The van der Waals surface area contributed by atoms with Crippen LogP contribution < -0.4 is 10.9 Å². The van der Waals surface area contributed by atoms with Crippen LogP contribution in [-0.4, -0.2) is 26.1 Å². The Kier molecular flexibility index (Phi) is 3.63. The zero-order chi connectivity index (χ0) is 15.7. The number of fused-ring (bicyclic) bond motifs is 1. The molecule has 1 N–H and O–H groups in total. The summed E-state index contributed by atoms with van der Waals surface area (Å²) < 4.78 is 1.45. The molecule has 22 heavy (non-hydrogen) atoms. The van der Waals surface area contributed by atoms with E-state index in [1.807, 2.05) is 0 Å². The predicted octanol–water partition coefficient (Wildman–Crippen LogP) is 1.51. The van der Waals surface area contributed by atoms with Gasteiger partial charge in [0.05, 0.1) is 4.92 Å². The van der Waals surface area contributed by atoms with Gasteiger partial charge < -0.3 is 5.32 Å². The van der Waals surface area contributed by atoms with Gasteiger partial charge in [-0.15, -0.1) is 0 Å². The summed E-state index contributed by atoms with van der Waals surface area (Å²) in [7, 11) is 0. The van der Waals surface area contributed by atoms with E-state index >= 15 is 0 Å². The van der Waals surface area contributed by atoms with Crippen LogP contribution in [0.1, 0.15) is 10.4 Å². The van der Waals surface area contributed by atoms with E-state index in [2.05, 4.69) is 10.3 Å². The molecule has 0 aliphatic carbocycles. The lowest BCUT2D eigenvalue weighted by Crippen LogP contribution is -2.29. The number of thioether (sulfide) groups is 1. The molecule has 1 aliphatic rings. The number of hydrogen-bond acceptors (Lipinski definition) is 6. The highest BCUT2D eigenvalue weighted by Crippen LogP contribution is 2.21. The number of nitro groups is 1. The lowest BCUT2D eigenvalue weighted by Gasteiger charge is -2.06. The van der Waals surface area contributed by atoms with E-state index in [0.717, 1.165) is 5.75 Å². The molecule has 9 heteroatoms. The van der Waals surface area contributed by atoms with E-state index in [1.165, 1.54) is 46.8 Å². The number of anilines is 1. The van der Waals surface area contributed by atoms with Crippen molar-refractivity contribution < 1.29 is 9.72 Å². The molecule has 0 radical (unpaired) electrons. The van der Waals surface area contributed by atoms with Crippen LogP contribution in [0.4, 0.5) is 11.4 Å². The van der Waals surface area contributed by atoms with Crippen molar-refractivity contribution in [3.63, 3.8) is 0 Å². The number of aromatic nitrogens is 2. The van der Waals surface area contributed by atoms with E-state index < -0.39 is 16.4 Å². The molecule has 3 rings (SSSR count). The molecule has 1 amide bonds. The largest absolute Gasteiger partial charge is 0.322 e. The van der Waals surface area contributed by atoms with Crippen LogP contribution in [0.3, 0.4) is 0 Å². The molecule has 1 aromatic carbocycles. The van der Waals surface area contributed by atoms with Crippen LogP contribution in [0.25, 0.3) is 0 Å². The molecule has 112 valence electrons. The first-order chi connectivity index (χ1) is 10.6. The lowest BCUT2D eigenvalue weighted by molar-refractivity contribution is -0.384. The van der Waals surface area contributed by atoms with Crippen molar-refractivity contribution in [1.82, 2.24) is 9.55 Å². The third-order valence-corrected chi connectivity index (χ3v) is 4.09. The van der Waals surface area contributed by atoms with Gasteiger partial charge in [-0.1, -0.05) is 17.8 Å². The highest BCUT2D eigenvalue weighted by atomic mass is 32.2. The molecule has 1 aliphatic heterocycles. The highest BCUT2D eigenvalue weighted by molar-refractivity contribution is 7.99. The Hall–Kier alpha value is -2.68. The maximum atomic E-state index is 12.2. The van der Waals surface area contributed by atoms with Gasteiger partial charge in [-0.2, -0.15) is 0 Å². The van der Waals surface area contributed by atoms with Crippen molar-refractivity contribution >= 4 is 29.0 Å². The Morgan fingerprint density at radius 2 is 2.27 bits per heavy atom. The fraction of sp³-hybridized carbons (Fsp3) is 0.154. The Morgan fingerprint density at radius 1 is 1.45 bits per heavy atom. The van der Waals surface area contributed by atoms with E-state index in [4.69, 9.17) is 0 Å². The van der Waals surface area contributed by atoms with Crippen molar-refractivity contribution in [2.45, 2.75) is 11.7 Å². The number of rotatable bonds is 3. The Morgan fingerprint density at radius 3 is 3.05 bits per heavy atom. The van der Waals surface area contributed by atoms with Crippen LogP contribution in [0, 0.1) is 10.1 Å². The molecule has 0 bridgehead atoms. The van der Waals surface area contributed by atoms with Gasteiger partial charge in [0.1, 0.15) is 5.56 Å². The number of benzene rings is 1. The molecular weight excluding hydrogens is 308 g/mol. The van der Waals surface area contributed by atoms with E-state index in [-0.39, 0.29) is 16.9 Å². The van der Waals surface area contributed by atoms with Crippen molar-refractivity contribution in [2.75, 3.05) is 11.1 Å². The minimum atomic E-state index is -0.634. The zero-order valence-corrected chi connectivity index (χ0v) is 12.0. The average molecular weight is 318 g/mol. The first-order valence-corrected chi connectivity index (χ1v) is 7.33. The second kappa shape index (κ2) is 5.60. The number of carbonyl (C=O) groups is 1. The van der Waals surface area contributed by atoms with Crippen molar-refractivity contribution in [3.8, 4) is 0 Å². The van der Waals surface area contributed by atoms with E-state index in [1.54, 1.807) is 0 Å². The van der Waals surface area contributed by atoms with Gasteiger partial charge in [-0.25, -0.2) is 4.98 Å². The number of hydrogen-bond donors (Lipinski definition) is 1. The third-order valence-electron chi connectivity index (χ3n) is 3.12. The topological polar surface area (TPSA) is 107 Å². The van der Waals surface area contributed by atoms with Gasteiger partial charge in [0.15, 0.2) is 5.16 Å². The molecule has 1 aromatic heterocycles. The molecule has 0 atom stereocenters. The molecule has 2 heterocycles. The van der Waals surface area contributed by atoms with Gasteiger partial charge in [0, 0.05) is 36.3 Å². The number of nitro benzene ring substituents is 1. The number of nitrogens with zero attached hydrogens (tertiary/aromatic N) is 3. The fourth-order valence-electron chi connectivity index (χ4n) is 2.07. The van der Waals surface area contributed by atoms with Crippen LogP contribution in [0.2, 0.25) is 0 Å². The summed E-state index contributed by atoms with van der Waals surface area (Å²) in [5, 5.41) is 13.8. The number of amides is 1. The molecule has 0 unspecified atom stereocenters. The quantitative estimate of drug-likeness (QED) is 0.522. The molecule has 8 nitrogen and oxygen atoms in total. The zero-order valence-electron chi connectivity index (χ0n) is 11.2. The van der Waals surface area contributed by atoms with Crippen LogP contribution in [0.5, 0.6) is 0 Å². The summed E-state index contributed by atoms with van der Waals surface area (Å²) in [6.45, 7) is 0.518. The molecule has 0 spiro atoms. The Balaban J connectivity index is 1.88. The molecule has 0 saturated heterocycles. The van der Waals surface area contributed by atoms with Crippen LogP contribution in [-0.2, 0) is 6.54 Å². The molecule has 2 aromatic rings. The van der Waals surface area contributed by atoms with E-state index in [9.17, 15) is 19.7 Å². The number of non-ortho nitro benzene ring substituents is 1. The van der Waals surface area contributed by atoms with Crippen molar-refractivity contribution in [1.29, 1.82) is 0 Å². The standard InChI is InChI=1S/C13H10N4O4S/c18-11(15-8-2-1-3-9(6-8)17(20)21)10-7-14-13-16(12(10)19)4-5-22-13/h1-3,6-7H,4-5H2,(H,15,18). The normalized spacial score (nSPS) is 12.7. The number of nitrogens with one attached hydrogen (secondary N) is 1. The minimum Gasteiger partial charge on any atom is -0.322 e. The van der Waals surface area contributed by atoms with Gasteiger partial charge in [-0.05, 0) is 6.07 Å². The summed E-state index contributed by atoms with van der Waals surface area (Å²) in [4.78, 5) is 38.6. The van der Waals surface area contributed by atoms with Gasteiger partial charge in [0.25, 0.3) is 17.2 Å². The molecule has 0 saturated carbocycles. The number of carbonyl (C=O) groups excluding carboxylic acids is 1. The van der Waals surface area contributed by atoms with Gasteiger partial charge in [-0.3, -0.25) is 24.3 Å². The summed E-state index contributed by atoms with van der Waals surface area (Å²) in [5.74, 6) is 0.114. The van der Waals surface area contributed by atoms with Gasteiger partial charge >= 0.3 is 0 Å². The first-order valence-electron chi connectivity index (χ1n) is 6.35. The van der Waals surface area contributed by atoms with E-state index in [0.29, 0.717) is 11.7 Å². The fourth-order valence-corrected chi connectivity index (χ4v) is 2.98. The smallest absolute Gasteiger partial charge is 0.271 e. The maximum Gasteiger partial charge on any atom is 0.271 e.